The smallest absolute Gasteiger partial charge is 0.0589 e. The quantitative estimate of drug-likeness (QED) is 0.885. The van der Waals surface area contributed by atoms with Gasteiger partial charge in [-0.3, -0.25) is 4.90 Å². The van der Waals surface area contributed by atoms with Gasteiger partial charge in [0.25, 0.3) is 0 Å². The number of benzene rings is 1. The van der Waals surface area contributed by atoms with Crippen molar-refractivity contribution >= 4 is 0 Å². The van der Waals surface area contributed by atoms with Crippen LogP contribution >= 0.6 is 0 Å². The van der Waals surface area contributed by atoms with Crippen LogP contribution in [-0.4, -0.2) is 28.7 Å². The number of hydrogen-bond donors (Lipinski definition) is 1. The van der Waals surface area contributed by atoms with Crippen molar-refractivity contribution in [3.63, 3.8) is 0 Å². The zero-order valence-electron chi connectivity index (χ0n) is 11.3. The Hall–Kier alpha value is -0.860. The number of rotatable bonds is 3. The molecule has 2 bridgehead atoms. The molecule has 2 atom stereocenters. The van der Waals surface area contributed by atoms with E-state index in [1.165, 1.54) is 24.0 Å². The van der Waals surface area contributed by atoms with Crippen LogP contribution in [0.3, 0.4) is 0 Å². The van der Waals surface area contributed by atoms with Crippen LogP contribution in [-0.2, 0) is 6.54 Å². The Balaban J connectivity index is 1.75. The van der Waals surface area contributed by atoms with E-state index in [0.29, 0.717) is 24.6 Å². The summed E-state index contributed by atoms with van der Waals surface area (Å²) in [5.74, 6) is 1.51. The van der Waals surface area contributed by atoms with Gasteiger partial charge < -0.3 is 5.11 Å². The predicted molar refractivity (Wildman–Crippen MR) is 73.3 cm³/mol. The van der Waals surface area contributed by atoms with Crippen molar-refractivity contribution in [1.82, 2.24) is 4.90 Å². The Morgan fingerprint density at radius 3 is 2.50 bits per heavy atom. The van der Waals surface area contributed by atoms with E-state index >= 15 is 0 Å². The molecule has 0 spiro atoms. The van der Waals surface area contributed by atoms with E-state index < -0.39 is 0 Å². The molecule has 1 saturated carbocycles. The highest BCUT2D eigenvalue weighted by atomic mass is 16.3. The molecule has 98 valence electrons. The Morgan fingerprint density at radius 2 is 1.89 bits per heavy atom. The second-order valence-corrected chi connectivity index (χ2v) is 6.15. The van der Waals surface area contributed by atoms with Crippen molar-refractivity contribution in [3.8, 4) is 0 Å². The molecule has 18 heavy (non-hydrogen) atoms. The molecule has 2 heteroatoms. The molecule has 1 aromatic rings. The van der Waals surface area contributed by atoms with Crippen molar-refractivity contribution in [1.29, 1.82) is 0 Å². The van der Waals surface area contributed by atoms with E-state index in [9.17, 15) is 5.11 Å². The fourth-order valence-electron chi connectivity index (χ4n) is 3.64. The number of fused-ring (bicyclic) bond motifs is 2. The Bertz CT molecular complexity index is 408. The molecule has 0 aromatic heterocycles. The van der Waals surface area contributed by atoms with Crippen molar-refractivity contribution in [3.05, 3.63) is 35.4 Å². The fourth-order valence-corrected chi connectivity index (χ4v) is 3.64. The van der Waals surface area contributed by atoms with Crippen LogP contribution in [0.25, 0.3) is 0 Å². The summed E-state index contributed by atoms with van der Waals surface area (Å²) in [5.41, 5.74) is 2.68. The summed E-state index contributed by atoms with van der Waals surface area (Å²) in [6.45, 7) is 5.73. The minimum Gasteiger partial charge on any atom is -0.395 e. The van der Waals surface area contributed by atoms with E-state index in [1.807, 2.05) is 0 Å². The maximum atomic E-state index is 9.65. The second kappa shape index (κ2) is 4.67. The van der Waals surface area contributed by atoms with Gasteiger partial charge in [0, 0.05) is 18.6 Å². The molecule has 0 radical (unpaired) electrons. The maximum Gasteiger partial charge on any atom is 0.0589 e. The average molecular weight is 245 g/mol. The van der Waals surface area contributed by atoms with Crippen LogP contribution in [0.5, 0.6) is 0 Å². The third kappa shape index (κ3) is 1.98. The summed E-state index contributed by atoms with van der Waals surface area (Å²) in [5, 5.41) is 9.65. The van der Waals surface area contributed by atoms with E-state index in [0.717, 1.165) is 12.5 Å². The summed E-state index contributed by atoms with van der Waals surface area (Å²) in [4.78, 5) is 2.54. The van der Waals surface area contributed by atoms with Gasteiger partial charge in [0.05, 0.1) is 6.61 Å². The highest BCUT2D eigenvalue weighted by Gasteiger charge is 2.47. The molecular formula is C16H23NO. The second-order valence-electron chi connectivity index (χ2n) is 6.15. The van der Waals surface area contributed by atoms with Gasteiger partial charge in [0.1, 0.15) is 0 Å². The summed E-state index contributed by atoms with van der Waals surface area (Å²) in [6, 6.07) is 9.88. The molecule has 2 saturated heterocycles. The van der Waals surface area contributed by atoms with Crippen LogP contribution in [0.15, 0.2) is 24.3 Å². The van der Waals surface area contributed by atoms with Crippen LogP contribution in [0.4, 0.5) is 0 Å². The monoisotopic (exact) mass is 245 g/mol. The van der Waals surface area contributed by atoms with Gasteiger partial charge in [0.15, 0.2) is 0 Å². The predicted octanol–water partition coefficient (Wildman–Crippen LogP) is 2.59. The van der Waals surface area contributed by atoms with E-state index in [-0.39, 0.29) is 0 Å². The number of aliphatic hydroxyl groups is 1. The normalized spacial score (nSPS) is 35.3. The Kier molecular flexibility index (Phi) is 3.16. The Morgan fingerprint density at radius 1 is 1.22 bits per heavy atom. The number of piperidine rings is 2. The first kappa shape index (κ1) is 12.2. The van der Waals surface area contributed by atoms with Gasteiger partial charge >= 0.3 is 0 Å². The Labute approximate surface area is 110 Å². The zero-order chi connectivity index (χ0) is 12.7. The molecule has 1 N–H and O–H groups in total. The zero-order valence-corrected chi connectivity index (χ0v) is 11.3. The van der Waals surface area contributed by atoms with Gasteiger partial charge in [-0.2, -0.15) is 0 Å². The lowest BCUT2D eigenvalue weighted by molar-refractivity contribution is -0.0955. The average Bonchev–Trinajstić information content (AvgIpc) is 2.30. The van der Waals surface area contributed by atoms with Crippen molar-refractivity contribution < 1.29 is 5.11 Å². The summed E-state index contributed by atoms with van der Waals surface area (Å²) in [7, 11) is 0. The van der Waals surface area contributed by atoms with Crippen LogP contribution < -0.4 is 0 Å². The summed E-state index contributed by atoms with van der Waals surface area (Å²) >= 11 is 0. The molecule has 2 aliphatic heterocycles. The molecule has 3 fully saturated rings. The molecule has 2 heterocycles. The third-order valence-corrected chi connectivity index (χ3v) is 5.07. The molecule has 0 unspecified atom stereocenters. The summed E-state index contributed by atoms with van der Waals surface area (Å²) < 4.78 is 0. The third-order valence-electron chi connectivity index (χ3n) is 5.07. The highest BCUT2D eigenvalue weighted by molar-refractivity contribution is 5.22. The fraction of sp³-hybridized carbons (Fsp3) is 0.625. The molecule has 4 rings (SSSR count). The molecule has 1 aliphatic carbocycles. The van der Waals surface area contributed by atoms with Gasteiger partial charge in [0.2, 0.25) is 0 Å². The first-order valence-electron chi connectivity index (χ1n) is 7.11. The summed E-state index contributed by atoms with van der Waals surface area (Å²) in [6.07, 6.45) is 2.67. The number of nitrogens with zero attached hydrogens (tertiary/aromatic N) is 1. The molecule has 3 aliphatic rings. The molecule has 2 nitrogen and oxygen atoms in total. The number of aryl methyl sites for hydroxylation is 1. The van der Waals surface area contributed by atoms with Gasteiger partial charge in [-0.15, -0.1) is 0 Å². The molecular weight excluding hydrogens is 222 g/mol. The van der Waals surface area contributed by atoms with Gasteiger partial charge in [-0.25, -0.2) is 0 Å². The van der Waals surface area contributed by atoms with Crippen LogP contribution in [0, 0.1) is 18.8 Å². The lowest BCUT2D eigenvalue weighted by Crippen LogP contribution is -2.61. The first-order chi connectivity index (χ1) is 8.69. The molecule has 0 amide bonds. The van der Waals surface area contributed by atoms with Crippen molar-refractivity contribution in [2.24, 2.45) is 11.8 Å². The number of hydrogen-bond acceptors (Lipinski definition) is 2. The topological polar surface area (TPSA) is 23.5 Å². The largest absolute Gasteiger partial charge is 0.395 e. The van der Waals surface area contributed by atoms with Crippen molar-refractivity contribution in [2.75, 3.05) is 6.61 Å². The van der Waals surface area contributed by atoms with Crippen LogP contribution in [0.2, 0.25) is 0 Å². The minimum absolute atomic E-state index is 0.306. The van der Waals surface area contributed by atoms with Gasteiger partial charge in [-0.1, -0.05) is 36.8 Å². The first-order valence-corrected chi connectivity index (χ1v) is 7.11. The van der Waals surface area contributed by atoms with E-state index in [2.05, 4.69) is 43.0 Å². The lowest BCUT2D eigenvalue weighted by atomic mass is 9.65. The number of aliphatic hydroxyl groups excluding tert-OH is 1. The van der Waals surface area contributed by atoms with E-state index in [1.54, 1.807) is 0 Å². The molecule has 1 aromatic carbocycles. The highest BCUT2D eigenvalue weighted by Crippen LogP contribution is 2.46. The van der Waals surface area contributed by atoms with Gasteiger partial charge in [-0.05, 0) is 37.2 Å². The maximum absolute atomic E-state index is 9.65. The van der Waals surface area contributed by atoms with Crippen LogP contribution in [0.1, 0.15) is 30.9 Å². The SMILES string of the molecule is Cc1ccc(CN2C3CC(C3)[C@@H](C)[C@H]2CO)cc1. The standard InChI is InChI=1S/C16H23NO/c1-11-3-5-13(6-4-11)9-17-15-7-14(8-15)12(2)16(17)10-18/h3-6,12,14-16,18H,7-10H2,1-2H3/t12-,14?,15?,16-/m1/s1. The van der Waals surface area contributed by atoms with Crippen molar-refractivity contribution in [2.45, 2.75) is 45.3 Å². The lowest BCUT2D eigenvalue weighted by Gasteiger charge is -2.57. The van der Waals surface area contributed by atoms with E-state index in [4.69, 9.17) is 0 Å². The minimum atomic E-state index is 0.306.